The number of pyridine rings is 1. The lowest BCUT2D eigenvalue weighted by atomic mass is 10.1. The van der Waals surface area contributed by atoms with Gasteiger partial charge in [0, 0.05) is 24.4 Å². The Balaban J connectivity index is 2.33. The first-order valence-electron chi connectivity index (χ1n) is 6.64. The van der Waals surface area contributed by atoms with E-state index in [1.807, 2.05) is 22.9 Å². The molecule has 2 rings (SSSR count). The van der Waals surface area contributed by atoms with Crippen molar-refractivity contribution in [1.82, 2.24) is 20.2 Å². The first kappa shape index (κ1) is 14.5. The first-order chi connectivity index (χ1) is 9.67. The van der Waals surface area contributed by atoms with Gasteiger partial charge in [-0.2, -0.15) is 5.10 Å². The van der Waals surface area contributed by atoms with Crippen molar-refractivity contribution in [2.45, 2.75) is 32.4 Å². The molecule has 2 aromatic heterocycles. The molecule has 2 aromatic rings. The molecule has 6 nitrogen and oxygen atoms in total. The van der Waals surface area contributed by atoms with Gasteiger partial charge in [-0.3, -0.25) is 20.9 Å². The third-order valence-corrected chi connectivity index (χ3v) is 3.18. The number of nitrogens with zero attached hydrogens (tertiary/aromatic N) is 3. The Morgan fingerprint density at radius 2 is 2.20 bits per heavy atom. The van der Waals surface area contributed by atoms with Crippen LogP contribution in [0.1, 0.15) is 37.3 Å². The molecule has 6 heteroatoms. The molecule has 0 spiro atoms. The summed E-state index contributed by atoms with van der Waals surface area (Å²) in [6, 6.07) is 5.96. The summed E-state index contributed by atoms with van der Waals surface area (Å²) in [5.41, 5.74) is 4.75. The van der Waals surface area contributed by atoms with E-state index in [1.54, 1.807) is 19.5 Å². The molecule has 0 fully saturated rings. The highest BCUT2D eigenvalue weighted by Crippen LogP contribution is 2.28. The van der Waals surface area contributed by atoms with Gasteiger partial charge in [-0.15, -0.1) is 0 Å². The first-order valence-corrected chi connectivity index (χ1v) is 6.64. The predicted octanol–water partition coefficient (Wildman–Crippen LogP) is 1.61. The second-order valence-corrected chi connectivity index (χ2v) is 4.88. The van der Waals surface area contributed by atoms with Crippen molar-refractivity contribution in [2.24, 2.45) is 5.84 Å². The molecule has 0 saturated heterocycles. The summed E-state index contributed by atoms with van der Waals surface area (Å²) in [6.07, 6.45) is 4.17. The van der Waals surface area contributed by atoms with Crippen LogP contribution in [0.15, 0.2) is 30.6 Å². The zero-order valence-corrected chi connectivity index (χ0v) is 12.1. The standard InChI is InChI=1S/C14H21N5O/c1-10(2)19-14(13(20-3)9-17-19)12(18-15)8-11-6-4-5-7-16-11/h4-7,9-10,12,18H,8,15H2,1-3H3. The zero-order chi connectivity index (χ0) is 14.5. The number of aromatic nitrogens is 3. The van der Waals surface area contributed by atoms with E-state index in [2.05, 4.69) is 29.4 Å². The monoisotopic (exact) mass is 275 g/mol. The minimum Gasteiger partial charge on any atom is -0.493 e. The molecule has 0 saturated carbocycles. The number of rotatable bonds is 6. The highest BCUT2D eigenvalue weighted by molar-refractivity contribution is 5.29. The molecule has 0 aliphatic rings. The van der Waals surface area contributed by atoms with Gasteiger partial charge < -0.3 is 4.74 Å². The molecular weight excluding hydrogens is 254 g/mol. The maximum atomic E-state index is 5.73. The lowest BCUT2D eigenvalue weighted by Crippen LogP contribution is -2.32. The minimum atomic E-state index is -0.107. The van der Waals surface area contributed by atoms with Crippen LogP contribution < -0.4 is 16.0 Å². The Hall–Kier alpha value is -1.92. The molecular formula is C14H21N5O. The van der Waals surface area contributed by atoms with E-state index in [1.165, 1.54) is 0 Å². The molecule has 0 aromatic carbocycles. The second-order valence-electron chi connectivity index (χ2n) is 4.88. The molecule has 0 radical (unpaired) electrons. The molecule has 0 amide bonds. The van der Waals surface area contributed by atoms with Crippen molar-refractivity contribution in [3.8, 4) is 5.75 Å². The number of hydrazine groups is 1. The van der Waals surface area contributed by atoms with Crippen molar-refractivity contribution in [3.63, 3.8) is 0 Å². The highest BCUT2D eigenvalue weighted by Gasteiger charge is 2.23. The van der Waals surface area contributed by atoms with Gasteiger partial charge in [0.15, 0.2) is 5.75 Å². The van der Waals surface area contributed by atoms with E-state index in [0.717, 1.165) is 17.1 Å². The zero-order valence-electron chi connectivity index (χ0n) is 12.1. The number of methoxy groups -OCH3 is 1. The lowest BCUT2D eigenvalue weighted by molar-refractivity contribution is 0.383. The van der Waals surface area contributed by atoms with Crippen molar-refractivity contribution < 1.29 is 4.74 Å². The lowest BCUT2D eigenvalue weighted by Gasteiger charge is -2.20. The van der Waals surface area contributed by atoms with Crippen molar-refractivity contribution in [3.05, 3.63) is 42.0 Å². The number of ether oxygens (including phenoxy) is 1. The van der Waals surface area contributed by atoms with E-state index >= 15 is 0 Å². The molecule has 3 N–H and O–H groups in total. The van der Waals surface area contributed by atoms with E-state index in [9.17, 15) is 0 Å². The molecule has 1 unspecified atom stereocenters. The van der Waals surface area contributed by atoms with Crippen LogP contribution in [0, 0.1) is 0 Å². The topological polar surface area (TPSA) is 78.0 Å². The maximum absolute atomic E-state index is 5.73. The third kappa shape index (κ3) is 2.97. The van der Waals surface area contributed by atoms with Gasteiger partial charge in [0.2, 0.25) is 0 Å². The SMILES string of the molecule is COc1cnn(C(C)C)c1C(Cc1ccccn1)NN. The van der Waals surface area contributed by atoms with Crippen LogP contribution in [0.25, 0.3) is 0 Å². The number of hydrogen-bond donors (Lipinski definition) is 2. The quantitative estimate of drug-likeness (QED) is 0.618. The number of hydrogen-bond acceptors (Lipinski definition) is 5. The Bertz CT molecular complexity index is 538. The van der Waals surface area contributed by atoms with Crippen LogP contribution in [-0.4, -0.2) is 21.9 Å². The summed E-state index contributed by atoms with van der Waals surface area (Å²) in [5, 5.41) is 4.37. The van der Waals surface area contributed by atoms with Gasteiger partial charge in [-0.25, -0.2) is 0 Å². The van der Waals surface area contributed by atoms with Crippen molar-refractivity contribution in [2.75, 3.05) is 7.11 Å². The third-order valence-electron chi connectivity index (χ3n) is 3.18. The van der Waals surface area contributed by atoms with Crippen LogP contribution in [0.4, 0.5) is 0 Å². The van der Waals surface area contributed by atoms with Crippen molar-refractivity contribution >= 4 is 0 Å². The summed E-state index contributed by atoms with van der Waals surface area (Å²) < 4.78 is 7.32. The van der Waals surface area contributed by atoms with Gasteiger partial charge in [-0.05, 0) is 26.0 Å². The van der Waals surface area contributed by atoms with Gasteiger partial charge in [0.1, 0.15) is 0 Å². The fourth-order valence-electron chi connectivity index (χ4n) is 2.22. The Morgan fingerprint density at radius 1 is 1.40 bits per heavy atom. The molecule has 0 aliphatic carbocycles. The van der Waals surface area contributed by atoms with Gasteiger partial charge in [-0.1, -0.05) is 6.07 Å². The summed E-state index contributed by atoms with van der Waals surface area (Å²) in [4.78, 5) is 4.34. The number of nitrogens with one attached hydrogen (secondary N) is 1. The fourth-order valence-corrected chi connectivity index (χ4v) is 2.22. The van der Waals surface area contributed by atoms with E-state index in [4.69, 9.17) is 10.6 Å². The summed E-state index contributed by atoms with van der Waals surface area (Å²) in [5.74, 6) is 6.46. The highest BCUT2D eigenvalue weighted by atomic mass is 16.5. The number of nitrogens with two attached hydrogens (primary N) is 1. The smallest absolute Gasteiger partial charge is 0.161 e. The van der Waals surface area contributed by atoms with Crippen LogP contribution in [0.2, 0.25) is 0 Å². The largest absolute Gasteiger partial charge is 0.493 e. The molecule has 20 heavy (non-hydrogen) atoms. The average molecular weight is 275 g/mol. The summed E-state index contributed by atoms with van der Waals surface area (Å²) in [6.45, 7) is 4.15. The Morgan fingerprint density at radius 3 is 2.75 bits per heavy atom. The van der Waals surface area contributed by atoms with Gasteiger partial charge >= 0.3 is 0 Å². The van der Waals surface area contributed by atoms with Gasteiger partial charge in [0.05, 0.1) is 25.0 Å². The van der Waals surface area contributed by atoms with Crippen LogP contribution in [-0.2, 0) is 6.42 Å². The van der Waals surface area contributed by atoms with Crippen LogP contribution in [0.5, 0.6) is 5.75 Å². The van der Waals surface area contributed by atoms with E-state index in [-0.39, 0.29) is 12.1 Å². The summed E-state index contributed by atoms with van der Waals surface area (Å²) in [7, 11) is 1.64. The van der Waals surface area contributed by atoms with Gasteiger partial charge in [0.25, 0.3) is 0 Å². The normalized spacial score (nSPS) is 12.7. The van der Waals surface area contributed by atoms with E-state index < -0.39 is 0 Å². The maximum Gasteiger partial charge on any atom is 0.161 e. The van der Waals surface area contributed by atoms with Crippen LogP contribution >= 0.6 is 0 Å². The molecule has 108 valence electrons. The predicted molar refractivity (Wildman–Crippen MR) is 77.2 cm³/mol. The Labute approximate surface area is 118 Å². The van der Waals surface area contributed by atoms with Crippen LogP contribution in [0.3, 0.4) is 0 Å². The molecule has 1 atom stereocenters. The molecule has 0 aliphatic heterocycles. The molecule has 0 bridgehead atoms. The minimum absolute atomic E-state index is 0.107. The van der Waals surface area contributed by atoms with E-state index in [0.29, 0.717) is 6.42 Å². The average Bonchev–Trinajstić information content (AvgIpc) is 2.89. The summed E-state index contributed by atoms with van der Waals surface area (Å²) >= 11 is 0. The Kier molecular flexibility index (Phi) is 4.70. The molecule has 2 heterocycles. The van der Waals surface area contributed by atoms with Crippen molar-refractivity contribution in [1.29, 1.82) is 0 Å². The second kappa shape index (κ2) is 6.49. The fraction of sp³-hybridized carbons (Fsp3) is 0.429.